The summed E-state index contributed by atoms with van der Waals surface area (Å²) < 4.78 is 5.49. The molecule has 0 bridgehead atoms. The van der Waals surface area contributed by atoms with E-state index in [2.05, 4.69) is 13.8 Å². The summed E-state index contributed by atoms with van der Waals surface area (Å²) in [5, 5.41) is 0. The van der Waals surface area contributed by atoms with Gasteiger partial charge in [0.25, 0.3) is 0 Å². The van der Waals surface area contributed by atoms with Gasteiger partial charge in [0.15, 0.2) is 0 Å². The smallest absolute Gasteiger partial charge is 0.323 e. The fourth-order valence-corrected chi connectivity index (χ4v) is 2.48. The Bertz CT molecular complexity index is 230. The molecule has 0 aliphatic heterocycles. The van der Waals surface area contributed by atoms with Crippen molar-refractivity contribution >= 4 is 5.97 Å². The van der Waals surface area contributed by atoms with Gasteiger partial charge in [-0.25, -0.2) is 0 Å². The third-order valence-electron chi connectivity index (χ3n) is 3.41. The Morgan fingerprint density at radius 3 is 2.12 bits per heavy atom. The molecule has 1 aliphatic rings. The van der Waals surface area contributed by atoms with Gasteiger partial charge < -0.3 is 10.5 Å². The number of carbonyl (C=O) groups excluding carboxylic acids is 1. The fraction of sp³-hybridized carbons (Fsp3) is 0.923. The zero-order chi connectivity index (χ0) is 12.3. The molecule has 0 amide bonds. The van der Waals surface area contributed by atoms with Crippen LogP contribution >= 0.6 is 0 Å². The van der Waals surface area contributed by atoms with Crippen LogP contribution in [0.25, 0.3) is 0 Å². The summed E-state index contributed by atoms with van der Waals surface area (Å²) in [6.45, 7) is 8.33. The van der Waals surface area contributed by atoms with Gasteiger partial charge in [-0.3, -0.25) is 4.79 Å². The molecule has 1 aliphatic carbocycles. The highest BCUT2D eigenvalue weighted by atomic mass is 16.5. The quantitative estimate of drug-likeness (QED) is 0.753. The first-order valence-electron chi connectivity index (χ1n) is 6.36. The van der Waals surface area contributed by atoms with Crippen molar-refractivity contribution in [3.8, 4) is 0 Å². The lowest BCUT2D eigenvalue weighted by molar-refractivity contribution is -0.154. The Morgan fingerprint density at radius 1 is 1.19 bits per heavy atom. The Balaban J connectivity index is 2.44. The minimum Gasteiger partial charge on any atom is -0.461 e. The molecule has 3 nitrogen and oxygen atoms in total. The summed E-state index contributed by atoms with van der Waals surface area (Å²) in [4.78, 5) is 11.7. The first-order valence-corrected chi connectivity index (χ1v) is 6.36. The predicted octanol–water partition coefficient (Wildman–Crippen LogP) is 2.34. The molecule has 1 fully saturated rings. The van der Waals surface area contributed by atoms with E-state index in [1.807, 2.05) is 13.8 Å². The van der Waals surface area contributed by atoms with Crippen LogP contribution in [0, 0.1) is 17.8 Å². The summed E-state index contributed by atoms with van der Waals surface area (Å²) in [6, 6.07) is -0.479. The third-order valence-corrected chi connectivity index (χ3v) is 3.41. The van der Waals surface area contributed by atoms with E-state index < -0.39 is 6.04 Å². The Hall–Kier alpha value is -0.570. The van der Waals surface area contributed by atoms with Crippen LogP contribution < -0.4 is 5.73 Å². The van der Waals surface area contributed by atoms with Crippen molar-refractivity contribution in [3.05, 3.63) is 0 Å². The molecule has 3 atom stereocenters. The summed E-state index contributed by atoms with van der Waals surface area (Å²) in [7, 11) is 0. The van der Waals surface area contributed by atoms with E-state index in [0.29, 0.717) is 11.8 Å². The van der Waals surface area contributed by atoms with E-state index >= 15 is 0 Å². The van der Waals surface area contributed by atoms with Crippen molar-refractivity contribution in [1.82, 2.24) is 0 Å². The van der Waals surface area contributed by atoms with Crippen molar-refractivity contribution in [2.24, 2.45) is 23.5 Å². The maximum Gasteiger partial charge on any atom is 0.323 e. The molecule has 0 aromatic carbocycles. The Morgan fingerprint density at radius 2 is 1.69 bits per heavy atom. The second kappa shape index (κ2) is 5.67. The highest BCUT2D eigenvalue weighted by molar-refractivity contribution is 5.75. The molecule has 3 heteroatoms. The van der Waals surface area contributed by atoms with Crippen molar-refractivity contribution in [2.45, 2.75) is 59.1 Å². The molecule has 0 aromatic rings. The average Bonchev–Trinajstić information content (AvgIpc) is 2.14. The number of rotatable bonds is 3. The highest BCUT2D eigenvalue weighted by Gasteiger charge is 2.28. The lowest BCUT2D eigenvalue weighted by Gasteiger charge is -2.31. The first kappa shape index (κ1) is 13.5. The second-order valence-electron chi connectivity index (χ2n) is 5.75. The molecule has 94 valence electrons. The lowest BCUT2D eigenvalue weighted by atomic mass is 9.82. The number of hydrogen-bond acceptors (Lipinski definition) is 3. The maximum absolute atomic E-state index is 11.7. The molecule has 2 unspecified atom stereocenters. The maximum atomic E-state index is 11.7. The molecule has 1 rings (SSSR count). The summed E-state index contributed by atoms with van der Waals surface area (Å²) >= 11 is 0. The van der Waals surface area contributed by atoms with Gasteiger partial charge in [0.2, 0.25) is 0 Å². The molecule has 16 heavy (non-hydrogen) atoms. The largest absolute Gasteiger partial charge is 0.461 e. The minimum absolute atomic E-state index is 0.0797. The molecule has 0 heterocycles. The van der Waals surface area contributed by atoms with E-state index in [4.69, 9.17) is 10.5 Å². The van der Waals surface area contributed by atoms with E-state index in [1.54, 1.807) is 0 Å². The van der Waals surface area contributed by atoms with Crippen LogP contribution in [0.2, 0.25) is 0 Å². The minimum atomic E-state index is -0.479. The van der Waals surface area contributed by atoms with Gasteiger partial charge in [-0.1, -0.05) is 27.7 Å². The van der Waals surface area contributed by atoms with Crippen LogP contribution in [0.5, 0.6) is 0 Å². The Labute approximate surface area is 98.7 Å². The van der Waals surface area contributed by atoms with Gasteiger partial charge >= 0.3 is 5.97 Å². The standard InChI is InChI=1S/C13H25NO2/c1-8(2)12(14)13(15)16-11-6-9(3)5-10(4)7-11/h8-12H,5-7,14H2,1-4H3/t9?,10?,11?,12-/m1/s1. The third kappa shape index (κ3) is 3.78. The van der Waals surface area contributed by atoms with Gasteiger partial charge in [-0.15, -0.1) is 0 Å². The monoisotopic (exact) mass is 227 g/mol. The molecular formula is C13H25NO2. The van der Waals surface area contributed by atoms with Crippen LogP contribution in [0.3, 0.4) is 0 Å². The number of carbonyl (C=O) groups is 1. The normalized spacial score (nSPS) is 32.5. The predicted molar refractivity (Wildman–Crippen MR) is 64.9 cm³/mol. The van der Waals surface area contributed by atoms with Gasteiger partial charge in [-0.2, -0.15) is 0 Å². The van der Waals surface area contributed by atoms with Crippen LogP contribution in [0.4, 0.5) is 0 Å². The lowest BCUT2D eigenvalue weighted by Crippen LogP contribution is -2.40. The van der Waals surface area contributed by atoms with Gasteiger partial charge in [-0.05, 0) is 37.0 Å². The van der Waals surface area contributed by atoms with Crippen molar-refractivity contribution < 1.29 is 9.53 Å². The molecule has 0 aromatic heterocycles. The molecule has 0 saturated heterocycles. The van der Waals surface area contributed by atoms with Gasteiger partial charge in [0.05, 0.1) is 0 Å². The zero-order valence-electron chi connectivity index (χ0n) is 10.9. The summed E-state index contributed by atoms with van der Waals surface area (Å²) in [5.41, 5.74) is 5.77. The summed E-state index contributed by atoms with van der Waals surface area (Å²) in [5.74, 6) is 1.21. The first-order chi connectivity index (χ1) is 7.40. The number of ether oxygens (including phenoxy) is 1. The highest BCUT2D eigenvalue weighted by Crippen LogP contribution is 2.30. The van der Waals surface area contributed by atoms with E-state index in [1.165, 1.54) is 6.42 Å². The van der Waals surface area contributed by atoms with Crippen molar-refractivity contribution in [2.75, 3.05) is 0 Å². The SMILES string of the molecule is CC1CC(C)CC(OC(=O)[C@H](N)C(C)C)C1. The van der Waals surface area contributed by atoms with Gasteiger partial charge in [0.1, 0.15) is 12.1 Å². The van der Waals surface area contributed by atoms with Gasteiger partial charge in [0, 0.05) is 0 Å². The molecular weight excluding hydrogens is 202 g/mol. The average molecular weight is 227 g/mol. The van der Waals surface area contributed by atoms with Crippen LogP contribution in [-0.2, 0) is 9.53 Å². The van der Waals surface area contributed by atoms with E-state index in [9.17, 15) is 4.79 Å². The van der Waals surface area contributed by atoms with E-state index in [-0.39, 0.29) is 18.0 Å². The zero-order valence-corrected chi connectivity index (χ0v) is 10.9. The molecule has 0 radical (unpaired) electrons. The summed E-state index contributed by atoms with van der Waals surface area (Å²) in [6.07, 6.45) is 3.29. The van der Waals surface area contributed by atoms with Crippen molar-refractivity contribution in [1.29, 1.82) is 0 Å². The number of esters is 1. The molecule has 2 N–H and O–H groups in total. The van der Waals surface area contributed by atoms with Crippen LogP contribution in [0.1, 0.15) is 47.0 Å². The van der Waals surface area contributed by atoms with E-state index in [0.717, 1.165) is 12.8 Å². The topological polar surface area (TPSA) is 52.3 Å². The molecule has 1 saturated carbocycles. The van der Waals surface area contributed by atoms with Crippen LogP contribution in [0.15, 0.2) is 0 Å². The Kier molecular flexibility index (Phi) is 4.78. The van der Waals surface area contributed by atoms with Crippen molar-refractivity contribution in [3.63, 3.8) is 0 Å². The number of hydrogen-bond donors (Lipinski definition) is 1. The molecule has 0 spiro atoms. The fourth-order valence-electron chi connectivity index (χ4n) is 2.48. The number of nitrogens with two attached hydrogens (primary N) is 1. The van der Waals surface area contributed by atoms with Crippen LogP contribution in [-0.4, -0.2) is 18.1 Å². The second-order valence-corrected chi connectivity index (χ2v) is 5.75.